The lowest BCUT2D eigenvalue weighted by Gasteiger charge is -2.05. The molecule has 2 aliphatic carbocycles. The van der Waals surface area contributed by atoms with E-state index in [1.807, 2.05) is 0 Å². The van der Waals surface area contributed by atoms with Crippen molar-refractivity contribution in [3.63, 3.8) is 0 Å². The van der Waals surface area contributed by atoms with Gasteiger partial charge in [-0.25, -0.2) is 0 Å². The molecular formula is C14H16. The fourth-order valence-electron chi connectivity index (χ4n) is 3.08. The molecule has 1 saturated carbocycles. The van der Waals surface area contributed by atoms with Crippen LogP contribution in [0.2, 0.25) is 0 Å². The lowest BCUT2D eigenvalue weighted by molar-refractivity contribution is 0.611. The molecule has 1 atom stereocenters. The van der Waals surface area contributed by atoms with E-state index in [1.54, 1.807) is 11.1 Å². The smallest absolute Gasteiger partial charge is 0.0194 e. The second-order valence-electron chi connectivity index (χ2n) is 4.50. The summed E-state index contributed by atoms with van der Waals surface area (Å²) in [5, 5.41) is 0. The molecule has 0 aliphatic heterocycles. The molecule has 3 rings (SSSR count). The first-order valence-corrected chi connectivity index (χ1v) is 5.72. The SMILES string of the molecule is c1ccc(C2=C3CCCC3CC2)cc1. The minimum absolute atomic E-state index is 0.949. The molecule has 0 bridgehead atoms. The monoisotopic (exact) mass is 184 g/mol. The molecule has 1 unspecified atom stereocenters. The number of allylic oxidation sites excluding steroid dienone is 2. The van der Waals surface area contributed by atoms with Gasteiger partial charge in [-0.15, -0.1) is 0 Å². The van der Waals surface area contributed by atoms with E-state index in [1.165, 1.54) is 37.7 Å². The van der Waals surface area contributed by atoms with Gasteiger partial charge < -0.3 is 0 Å². The third kappa shape index (κ3) is 1.21. The van der Waals surface area contributed by atoms with Crippen LogP contribution in [0.15, 0.2) is 35.9 Å². The first-order valence-electron chi connectivity index (χ1n) is 5.72. The van der Waals surface area contributed by atoms with E-state index in [0.717, 1.165) is 5.92 Å². The van der Waals surface area contributed by atoms with Crippen LogP contribution in [0.1, 0.15) is 37.7 Å². The third-order valence-electron chi connectivity index (χ3n) is 3.74. The number of benzene rings is 1. The first kappa shape index (κ1) is 8.28. The molecule has 2 aliphatic rings. The fraction of sp³-hybridized carbons (Fsp3) is 0.429. The largest absolute Gasteiger partial charge is 0.0633 e. The Bertz CT molecular complexity index is 359. The standard InChI is InChI=1S/C14H16/c1-2-5-11(6-3-1)14-10-9-12-7-4-8-13(12)14/h1-3,5-6,12H,4,7-10H2. The minimum Gasteiger partial charge on any atom is -0.0633 e. The van der Waals surface area contributed by atoms with Crippen LogP contribution in [0, 0.1) is 5.92 Å². The maximum atomic E-state index is 2.27. The highest BCUT2D eigenvalue weighted by molar-refractivity contribution is 5.71. The Kier molecular flexibility index (Phi) is 1.93. The lowest BCUT2D eigenvalue weighted by Crippen LogP contribution is -1.87. The summed E-state index contributed by atoms with van der Waals surface area (Å²) in [6.45, 7) is 0. The molecule has 0 N–H and O–H groups in total. The zero-order valence-corrected chi connectivity index (χ0v) is 8.50. The second-order valence-corrected chi connectivity index (χ2v) is 4.50. The molecule has 72 valence electrons. The van der Waals surface area contributed by atoms with Crippen molar-refractivity contribution in [3.8, 4) is 0 Å². The van der Waals surface area contributed by atoms with E-state index in [9.17, 15) is 0 Å². The van der Waals surface area contributed by atoms with Crippen molar-refractivity contribution >= 4 is 5.57 Å². The molecule has 14 heavy (non-hydrogen) atoms. The maximum Gasteiger partial charge on any atom is -0.0194 e. The van der Waals surface area contributed by atoms with Gasteiger partial charge in [0.15, 0.2) is 0 Å². The summed E-state index contributed by atoms with van der Waals surface area (Å²) >= 11 is 0. The predicted octanol–water partition coefficient (Wildman–Crippen LogP) is 4.03. The molecule has 1 aromatic carbocycles. The van der Waals surface area contributed by atoms with E-state index >= 15 is 0 Å². The number of hydrogen-bond acceptors (Lipinski definition) is 0. The summed E-state index contributed by atoms with van der Waals surface area (Å²) in [5.41, 5.74) is 4.94. The number of rotatable bonds is 1. The molecule has 0 spiro atoms. The zero-order chi connectivity index (χ0) is 9.38. The Morgan fingerprint density at radius 1 is 0.929 bits per heavy atom. The van der Waals surface area contributed by atoms with Gasteiger partial charge in [0, 0.05) is 0 Å². The van der Waals surface area contributed by atoms with Crippen LogP contribution < -0.4 is 0 Å². The Labute approximate surface area is 85.6 Å². The van der Waals surface area contributed by atoms with Gasteiger partial charge in [0.05, 0.1) is 0 Å². The lowest BCUT2D eigenvalue weighted by atomic mass is 10.0. The van der Waals surface area contributed by atoms with Gasteiger partial charge in [0.1, 0.15) is 0 Å². The molecule has 1 fully saturated rings. The van der Waals surface area contributed by atoms with Crippen LogP contribution in [0.3, 0.4) is 0 Å². The van der Waals surface area contributed by atoms with E-state index in [0.29, 0.717) is 0 Å². The summed E-state index contributed by atoms with van der Waals surface area (Å²) < 4.78 is 0. The zero-order valence-electron chi connectivity index (χ0n) is 8.50. The first-order chi connectivity index (χ1) is 6.95. The van der Waals surface area contributed by atoms with Gasteiger partial charge in [-0.05, 0) is 49.2 Å². The Morgan fingerprint density at radius 3 is 2.64 bits per heavy atom. The van der Waals surface area contributed by atoms with Crippen molar-refractivity contribution in [1.82, 2.24) is 0 Å². The topological polar surface area (TPSA) is 0 Å². The molecule has 0 saturated heterocycles. The Morgan fingerprint density at radius 2 is 1.79 bits per heavy atom. The average Bonchev–Trinajstić information content (AvgIpc) is 2.79. The second kappa shape index (κ2) is 3.27. The van der Waals surface area contributed by atoms with Gasteiger partial charge in [-0.3, -0.25) is 0 Å². The summed E-state index contributed by atoms with van der Waals surface area (Å²) in [7, 11) is 0. The molecule has 0 amide bonds. The fourth-order valence-corrected chi connectivity index (χ4v) is 3.08. The molecule has 1 aromatic rings. The minimum atomic E-state index is 0.949. The predicted molar refractivity (Wildman–Crippen MR) is 59.9 cm³/mol. The Hall–Kier alpha value is -1.04. The number of fused-ring (bicyclic) bond motifs is 1. The maximum absolute atomic E-state index is 2.27. The van der Waals surface area contributed by atoms with Crippen LogP contribution in [0.5, 0.6) is 0 Å². The molecule has 0 nitrogen and oxygen atoms in total. The van der Waals surface area contributed by atoms with Crippen LogP contribution in [-0.2, 0) is 0 Å². The van der Waals surface area contributed by atoms with Crippen LogP contribution in [0.4, 0.5) is 0 Å². The normalized spacial score (nSPS) is 25.6. The molecule has 0 heterocycles. The van der Waals surface area contributed by atoms with Crippen molar-refractivity contribution in [1.29, 1.82) is 0 Å². The van der Waals surface area contributed by atoms with Gasteiger partial charge in [-0.2, -0.15) is 0 Å². The van der Waals surface area contributed by atoms with Crippen molar-refractivity contribution in [2.75, 3.05) is 0 Å². The van der Waals surface area contributed by atoms with Crippen LogP contribution >= 0.6 is 0 Å². The quantitative estimate of drug-likeness (QED) is 0.618. The molecular weight excluding hydrogens is 168 g/mol. The van der Waals surface area contributed by atoms with Gasteiger partial charge in [0.25, 0.3) is 0 Å². The third-order valence-corrected chi connectivity index (χ3v) is 3.74. The molecule has 0 heteroatoms. The van der Waals surface area contributed by atoms with Gasteiger partial charge in [0.2, 0.25) is 0 Å². The van der Waals surface area contributed by atoms with Crippen LogP contribution in [0.25, 0.3) is 5.57 Å². The van der Waals surface area contributed by atoms with Crippen molar-refractivity contribution in [2.24, 2.45) is 5.92 Å². The summed E-state index contributed by atoms with van der Waals surface area (Å²) in [6, 6.07) is 11.0. The molecule has 0 radical (unpaired) electrons. The molecule has 0 aromatic heterocycles. The highest BCUT2D eigenvalue weighted by atomic mass is 14.3. The number of hydrogen-bond donors (Lipinski definition) is 0. The van der Waals surface area contributed by atoms with E-state index in [2.05, 4.69) is 30.3 Å². The van der Waals surface area contributed by atoms with Gasteiger partial charge in [-0.1, -0.05) is 35.9 Å². The van der Waals surface area contributed by atoms with Crippen molar-refractivity contribution < 1.29 is 0 Å². The van der Waals surface area contributed by atoms with E-state index in [4.69, 9.17) is 0 Å². The summed E-state index contributed by atoms with van der Waals surface area (Å²) in [6.07, 6.45) is 6.99. The van der Waals surface area contributed by atoms with Gasteiger partial charge >= 0.3 is 0 Å². The summed E-state index contributed by atoms with van der Waals surface area (Å²) in [5.74, 6) is 0.949. The van der Waals surface area contributed by atoms with Crippen molar-refractivity contribution in [2.45, 2.75) is 32.1 Å². The van der Waals surface area contributed by atoms with E-state index in [-0.39, 0.29) is 0 Å². The summed E-state index contributed by atoms with van der Waals surface area (Å²) in [4.78, 5) is 0. The highest BCUT2D eigenvalue weighted by Gasteiger charge is 2.29. The Balaban J connectivity index is 2.03. The van der Waals surface area contributed by atoms with E-state index < -0.39 is 0 Å². The average molecular weight is 184 g/mol. The van der Waals surface area contributed by atoms with Crippen molar-refractivity contribution in [3.05, 3.63) is 41.5 Å². The highest BCUT2D eigenvalue weighted by Crippen LogP contribution is 2.46. The van der Waals surface area contributed by atoms with Crippen LogP contribution in [-0.4, -0.2) is 0 Å².